The van der Waals surface area contributed by atoms with Crippen molar-refractivity contribution in [2.24, 2.45) is 5.73 Å². The average molecular weight is 221 g/mol. The molecule has 5 heteroatoms. The molecule has 0 spiro atoms. The molecule has 4 nitrogen and oxygen atoms in total. The van der Waals surface area contributed by atoms with E-state index in [9.17, 15) is 0 Å². The summed E-state index contributed by atoms with van der Waals surface area (Å²) in [6.07, 6.45) is 3.47. The van der Waals surface area contributed by atoms with E-state index in [0.717, 1.165) is 10.4 Å². The normalized spacial score (nSPS) is 12.4. The first-order valence-corrected chi connectivity index (χ1v) is 5.24. The third kappa shape index (κ3) is 2.14. The lowest BCUT2D eigenvalue weighted by atomic mass is 10.1. The number of methoxy groups -OCH3 is 1. The molecule has 78 valence electrons. The molecule has 15 heavy (non-hydrogen) atoms. The van der Waals surface area contributed by atoms with Gasteiger partial charge in [-0.15, -0.1) is 0 Å². The van der Waals surface area contributed by atoms with Gasteiger partial charge >= 0.3 is 0 Å². The Labute approximate surface area is 91.9 Å². The highest BCUT2D eigenvalue weighted by Gasteiger charge is 2.10. The van der Waals surface area contributed by atoms with Gasteiger partial charge in [0.1, 0.15) is 0 Å². The molecule has 2 rings (SSSR count). The lowest BCUT2D eigenvalue weighted by Crippen LogP contribution is -2.10. The highest BCUT2D eigenvalue weighted by Crippen LogP contribution is 2.22. The van der Waals surface area contributed by atoms with Crippen molar-refractivity contribution in [2.45, 2.75) is 6.04 Å². The Kier molecular flexibility index (Phi) is 2.94. The van der Waals surface area contributed by atoms with Crippen molar-refractivity contribution in [1.82, 2.24) is 9.36 Å². The van der Waals surface area contributed by atoms with Crippen molar-refractivity contribution in [3.8, 4) is 5.88 Å². The maximum absolute atomic E-state index is 6.04. The van der Waals surface area contributed by atoms with Crippen molar-refractivity contribution in [3.63, 3.8) is 0 Å². The van der Waals surface area contributed by atoms with E-state index in [1.165, 1.54) is 11.5 Å². The van der Waals surface area contributed by atoms with Crippen molar-refractivity contribution in [1.29, 1.82) is 0 Å². The van der Waals surface area contributed by atoms with Crippen molar-refractivity contribution >= 4 is 11.5 Å². The van der Waals surface area contributed by atoms with Crippen LogP contribution in [0.3, 0.4) is 0 Å². The highest BCUT2D eigenvalue weighted by molar-refractivity contribution is 7.05. The summed E-state index contributed by atoms with van der Waals surface area (Å²) in [5.74, 6) is 0.593. The fourth-order valence-corrected chi connectivity index (χ4v) is 1.86. The van der Waals surface area contributed by atoms with Crippen LogP contribution in [-0.4, -0.2) is 16.5 Å². The Bertz CT molecular complexity index is 413. The van der Waals surface area contributed by atoms with Crippen LogP contribution in [-0.2, 0) is 0 Å². The predicted molar refractivity (Wildman–Crippen MR) is 58.9 cm³/mol. The van der Waals surface area contributed by atoms with E-state index in [-0.39, 0.29) is 6.04 Å². The van der Waals surface area contributed by atoms with Crippen molar-refractivity contribution in [3.05, 3.63) is 41.0 Å². The molecule has 1 atom stereocenters. The third-order valence-corrected chi connectivity index (χ3v) is 2.92. The Balaban J connectivity index is 2.22. The molecule has 0 radical (unpaired) electrons. The molecule has 0 aliphatic carbocycles. The number of hydrogen-bond acceptors (Lipinski definition) is 5. The van der Waals surface area contributed by atoms with E-state index < -0.39 is 0 Å². The van der Waals surface area contributed by atoms with Gasteiger partial charge in [0.05, 0.1) is 13.2 Å². The molecule has 0 saturated heterocycles. The average Bonchev–Trinajstić information content (AvgIpc) is 2.82. The van der Waals surface area contributed by atoms with Crippen LogP contribution in [0.4, 0.5) is 0 Å². The first-order chi connectivity index (χ1) is 7.31. The number of rotatable bonds is 3. The van der Waals surface area contributed by atoms with Crippen LogP contribution in [0.25, 0.3) is 0 Å². The van der Waals surface area contributed by atoms with E-state index >= 15 is 0 Å². The lowest BCUT2D eigenvalue weighted by molar-refractivity contribution is 0.397. The lowest BCUT2D eigenvalue weighted by Gasteiger charge is -2.08. The first kappa shape index (κ1) is 10.1. The van der Waals surface area contributed by atoms with Crippen LogP contribution >= 0.6 is 11.5 Å². The minimum Gasteiger partial charge on any atom is -0.481 e. The van der Waals surface area contributed by atoms with E-state index in [2.05, 4.69) is 9.36 Å². The molecular formula is C10H11N3OS. The second kappa shape index (κ2) is 4.37. The second-order valence-electron chi connectivity index (χ2n) is 3.03. The molecule has 0 saturated carbocycles. The highest BCUT2D eigenvalue weighted by atomic mass is 32.1. The third-order valence-electron chi connectivity index (χ3n) is 2.09. The summed E-state index contributed by atoms with van der Waals surface area (Å²) in [5.41, 5.74) is 7.00. The van der Waals surface area contributed by atoms with Crippen molar-refractivity contribution in [2.75, 3.05) is 7.11 Å². The van der Waals surface area contributed by atoms with Gasteiger partial charge in [0.25, 0.3) is 0 Å². The molecule has 2 aromatic heterocycles. The van der Waals surface area contributed by atoms with Gasteiger partial charge in [0.15, 0.2) is 0 Å². The molecule has 0 aromatic carbocycles. The Morgan fingerprint density at radius 2 is 2.27 bits per heavy atom. The van der Waals surface area contributed by atoms with Gasteiger partial charge in [-0.25, -0.2) is 9.36 Å². The van der Waals surface area contributed by atoms with Crippen LogP contribution in [0.2, 0.25) is 0 Å². The zero-order valence-electron chi connectivity index (χ0n) is 8.25. The van der Waals surface area contributed by atoms with Crippen LogP contribution in [0.5, 0.6) is 5.88 Å². The Morgan fingerprint density at radius 3 is 2.80 bits per heavy atom. The van der Waals surface area contributed by atoms with Gasteiger partial charge < -0.3 is 10.5 Å². The number of pyridine rings is 1. The number of aromatic nitrogens is 2. The standard InChI is InChI=1S/C10H11N3OS/c1-14-9-3-2-7(6-12-9)10(11)8-4-5-13-15-8/h2-6,10H,11H2,1H3. The zero-order valence-corrected chi connectivity index (χ0v) is 9.07. The van der Waals surface area contributed by atoms with Gasteiger partial charge in [-0.2, -0.15) is 0 Å². The molecular weight excluding hydrogens is 210 g/mol. The topological polar surface area (TPSA) is 61.0 Å². The fourth-order valence-electron chi connectivity index (χ4n) is 1.25. The van der Waals surface area contributed by atoms with E-state index in [1.54, 1.807) is 25.6 Å². The van der Waals surface area contributed by atoms with Crippen LogP contribution < -0.4 is 10.5 Å². The van der Waals surface area contributed by atoms with E-state index in [0.29, 0.717) is 5.88 Å². The van der Waals surface area contributed by atoms with Gasteiger partial charge in [-0.3, -0.25) is 0 Å². The van der Waals surface area contributed by atoms with E-state index in [1.807, 2.05) is 12.1 Å². The molecule has 0 aliphatic rings. The van der Waals surface area contributed by atoms with Gasteiger partial charge in [0.2, 0.25) is 5.88 Å². The molecule has 2 aromatic rings. The maximum Gasteiger partial charge on any atom is 0.212 e. The quantitative estimate of drug-likeness (QED) is 0.855. The summed E-state index contributed by atoms with van der Waals surface area (Å²) < 4.78 is 9.00. The van der Waals surface area contributed by atoms with Crippen molar-refractivity contribution < 1.29 is 4.74 Å². The minimum atomic E-state index is -0.157. The van der Waals surface area contributed by atoms with Crippen LogP contribution in [0.1, 0.15) is 16.5 Å². The molecule has 0 aliphatic heterocycles. The number of nitrogens with two attached hydrogens (primary N) is 1. The summed E-state index contributed by atoms with van der Waals surface area (Å²) >= 11 is 1.40. The fraction of sp³-hybridized carbons (Fsp3) is 0.200. The first-order valence-electron chi connectivity index (χ1n) is 4.47. The largest absolute Gasteiger partial charge is 0.481 e. The molecule has 0 amide bonds. The van der Waals surface area contributed by atoms with Gasteiger partial charge in [-0.05, 0) is 23.2 Å². The summed E-state index contributed by atoms with van der Waals surface area (Å²) in [4.78, 5) is 5.14. The summed E-state index contributed by atoms with van der Waals surface area (Å²) in [6, 6.07) is 5.47. The maximum atomic E-state index is 6.04. The Morgan fingerprint density at radius 1 is 1.40 bits per heavy atom. The van der Waals surface area contributed by atoms with Gasteiger partial charge in [0, 0.05) is 23.3 Å². The van der Waals surface area contributed by atoms with Crippen LogP contribution in [0, 0.1) is 0 Å². The SMILES string of the molecule is COc1ccc(C(N)c2ccns2)cn1. The number of nitrogens with zero attached hydrogens (tertiary/aromatic N) is 2. The second-order valence-corrected chi connectivity index (χ2v) is 3.89. The minimum absolute atomic E-state index is 0.157. The summed E-state index contributed by atoms with van der Waals surface area (Å²) in [5, 5.41) is 0. The van der Waals surface area contributed by atoms with E-state index in [4.69, 9.17) is 10.5 Å². The Hall–Kier alpha value is -1.46. The molecule has 1 unspecified atom stereocenters. The molecule has 2 N–H and O–H groups in total. The monoisotopic (exact) mass is 221 g/mol. The molecule has 2 heterocycles. The number of ether oxygens (including phenoxy) is 1. The molecule has 0 fully saturated rings. The zero-order chi connectivity index (χ0) is 10.7. The smallest absolute Gasteiger partial charge is 0.212 e. The molecule has 0 bridgehead atoms. The predicted octanol–water partition coefficient (Wildman–Crippen LogP) is 1.59. The summed E-state index contributed by atoms with van der Waals surface area (Å²) in [6.45, 7) is 0. The van der Waals surface area contributed by atoms with Crippen LogP contribution in [0.15, 0.2) is 30.6 Å². The number of hydrogen-bond donors (Lipinski definition) is 1. The summed E-state index contributed by atoms with van der Waals surface area (Å²) in [7, 11) is 1.59. The van der Waals surface area contributed by atoms with Gasteiger partial charge in [-0.1, -0.05) is 6.07 Å².